The third-order valence-corrected chi connectivity index (χ3v) is 3.99. The Bertz CT molecular complexity index is 933. The SMILES string of the molecule is COc1ccc(C)cc1CC(=O)NCc1nnc2nc(C)cc(C)n12. The molecule has 3 rings (SSSR count). The summed E-state index contributed by atoms with van der Waals surface area (Å²) in [5, 5.41) is 11.1. The van der Waals surface area contributed by atoms with Crippen LogP contribution >= 0.6 is 0 Å². The second kappa shape index (κ2) is 6.88. The molecule has 0 saturated heterocycles. The number of hydrogen-bond acceptors (Lipinski definition) is 5. The Morgan fingerprint density at radius 3 is 2.76 bits per heavy atom. The number of carbonyl (C=O) groups excluding carboxylic acids is 1. The van der Waals surface area contributed by atoms with Crippen LogP contribution in [0.5, 0.6) is 5.75 Å². The average molecular weight is 339 g/mol. The second-order valence-electron chi connectivity index (χ2n) is 6.06. The number of rotatable bonds is 5. The molecule has 0 unspecified atom stereocenters. The van der Waals surface area contributed by atoms with E-state index in [-0.39, 0.29) is 12.3 Å². The number of hydrogen-bond donors (Lipinski definition) is 1. The number of carbonyl (C=O) groups is 1. The van der Waals surface area contributed by atoms with Crippen molar-refractivity contribution in [1.82, 2.24) is 24.9 Å². The highest BCUT2D eigenvalue weighted by atomic mass is 16.5. The van der Waals surface area contributed by atoms with Crippen molar-refractivity contribution >= 4 is 11.7 Å². The zero-order valence-corrected chi connectivity index (χ0v) is 14.8. The van der Waals surface area contributed by atoms with E-state index in [0.717, 1.165) is 22.5 Å². The quantitative estimate of drug-likeness (QED) is 0.768. The zero-order chi connectivity index (χ0) is 18.0. The Morgan fingerprint density at radius 1 is 1.20 bits per heavy atom. The fourth-order valence-electron chi connectivity index (χ4n) is 2.87. The molecule has 2 heterocycles. The molecule has 3 aromatic rings. The van der Waals surface area contributed by atoms with Crippen LogP contribution < -0.4 is 10.1 Å². The molecule has 0 radical (unpaired) electrons. The molecule has 0 aliphatic carbocycles. The van der Waals surface area contributed by atoms with Gasteiger partial charge in [-0.05, 0) is 32.9 Å². The van der Waals surface area contributed by atoms with Gasteiger partial charge in [0.15, 0.2) is 5.82 Å². The lowest BCUT2D eigenvalue weighted by Gasteiger charge is -2.10. The fraction of sp³-hybridized carbons (Fsp3) is 0.333. The summed E-state index contributed by atoms with van der Waals surface area (Å²) in [7, 11) is 1.60. The predicted octanol–water partition coefficient (Wildman–Crippen LogP) is 1.92. The van der Waals surface area contributed by atoms with E-state index in [1.807, 2.05) is 49.4 Å². The molecule has 0 saturated carbocycles. The largest absolute Gasteiger partial charge is 0.496 e. The molecule has 1 aromatic carbocycles. The summed E-state index contributed by atoms with van der Waals surface area (Å²) >= 11 is 0. The summed E-state index contributed by atoms with van der Waals surface area (Å²) in [6.07, 6.45) is 0.248. The number of methoxy groups -OCH3 is 1. The topological polar surface area (TPSA) is 81.4 Å². The Labute approximate surface area is 146 Å². The Morgan fingerprint density at radius 2 is 2.00 bits per heavy atom. The molecule has 0 fully saturated rings. The number of nitrogens with one attached hydrogen (secondary N) is 1. The highest BCUT2D eigenvalue weighted by molar-refractivity contribution is 5.79. The van der Waals surface area contributed by atoms with Crippen LogP contribution in [-0.4, -0.2) is 32.6 Å². The number of nitrogens with zero attached hydrogens (tertiary/aromatic N) is 4. The van der Waals surface area contributed by atoms with Gasteiger partial charge in [0, 0.05) is 17.0 Å². The van der Waals surface area contributed by atoms with Gasteiger partial charge in [-0.1, -0.05) is 17.7 Å². The van der Waals surface area contributed by atoms with Crippen LogP contribution in [0.3, 0.4) is 0 Å². The van der Waals surface area contributed by atoms with E-state index in [1.165, 1.54) is 0 Å². The molecule has 0 aliphatic rings. The van der Waals surface area contributed by atoms with Gasteiger partial charge in [-0.25, -0.2) is 4.98 Å². The molecule has 0 aliphatic heterocycles. The molecule has 25 heavy (non-hydrogen) atoms. The van der Waals surface area contributed by atoms with Crippen molar-refractivity contribution in [3.8, 4) is 5.75 Å². The van der Waals surface area contributed by atoms with Gasteiger partial charge in [0.05, 0.1) is 20.1 Å². The maximum atomic E-state index is 12.3. The predicted molar refractivity (Wildman–Crippen MR) is 93.5 cm³/mol. The van der Waals surface area contributed by atoms with Crippen molar-refractivity contribution in [2.45, 2.75) is 33.7 Å². The Hall–Kier alpha value is -2.96. The fourth-order valence-corrected chi connectivity index (χ4v) is 2.87. The number of benzene rings is 1. The third kappa shape index (κ3) is 3.60. The first kappa shape index (κ1) is 16.9. The van der Waals surface area contributed by atoms with Crippen LogP contribution in [0.1, 0.15) is 28.3 Å². The van der Waals surface area contributed by atoms with Gasteiger partial charge in [0.2, 0.25) is 5.91 Å². The van der Waals surface area contributed by atoms with E-state index < -0.39 is 0 Å². The van der Waals surface area contributed by atoms with E-state index >= 15 is 0 Å². The smallest absolute Gasteiger partial charge is 0.255 e. The van der Waals surface area contributed by atoms with Crippen LogP contribution in [0.4, 0.5) is 0 Å². The van der Waals surface area contributed by atoms with Gasteiger partial charge < -0.3 is 10.1 Å². The Kier molecular flexibility index (Phi) is 4.65. The minimum Gasteiger partial charge on any atom is -0.496 e. The highest BCUT2D eigenvalue weighted by Crippen LogP contribution is 2.20. The van der Waals surface area contributed by atoms with Crippen molar-refractivity contribution in [3.63, 3.8) is 0 Å². The number of fused-ring (bicyclic) bond motifs is 1. The first-order chi connectivity index (χ1) is 12.0. The summed E-state index contributed by atoms with van der Waals surface area (Å²) in [4.78, 5) is 16.7. The van der Waals surface area contributed by atoms with Crippen molar-refractivity contribution in [1.29, 1.82) is 0 Å². The van der Waals surface area contributed by atoms with Crippen molar-refractivity contribution in [3.05, 3.63) is 52.6 Å². The second-order valence-corrected chi connectivity index (χ2v) is 6.06. The standard InChI is InChI=1S/C18H21N5O2/c1-11-5-6-15(25-4)14(7-11)9-17(24)19-10-16-21-22-18-20-12(2)8-13(3)23(16)18/h5-8H,9-10H2,1-4H3,(H,19,24). The average Bonchev–Trinajstić information content (AvgIpc) is 2.96. The molecule has 0 atom stereocenters. The summed E-state index contributed by atoms with van der Waals surface area (Å²) in [6, 6.07) is 7.75. The molecule has 0 bridgehead atoms. The van der Waals surface area contributed by atoms with Gasteiger partial charge in [0.25, 0.3) is 5.78 Å². The first-order valence-corrected chi connectivity index (χ1v) is 8.06. The molecule has 1 amide bonds. The maximum Gasteiger partial charge on any atom is 0.255 e. The number of aromatic nitrogens is 4. The summed E-state index contributed by atoms with van der Waals surface area (Å²) in [6.45, 7) is 6.16. The summed E-state index contributed by atoms with van der Waals surface area (Å²) in [5.41, 5.74) is 3.82. The van der Waals surface area contributed by atoms with Crippen molar-refractivity contribution < 1.29 is 9.53 Å². The molecule has 1 N–H and O–H groups in total. The lowest BCUT2D eigenvalue weighted by Crippen LogP contribution is -2.26. The summed E-state index contributed by atoms with van der Waals surface area (Å²) in [5.74, 6) is 1.81. The van der Waals surface area contributed by atoms with E-state index in [9.17, 15) is 4.79 Å². The molecular formula is C18H21N5O2. The van der Waals surface area contributed by atoms with Gasteiger partial charge in [-0.15, -0.1) is 10.2 Å². The van der Waals surface area contributed by atoms with Crippen LogP contribution in [0.15, 0.2) is 24.3 Å². The molecule has 0 spiro atoms. The normalized spacial score (nSPS) is 10.9. The van der Waals surface area contributed by atoms with Gasteiger partial charge in [0.1, 0.15) is 5.75 Å². The van der Waals surface area contributed by atoms with Crippen LogP contribution in [0.25, 0.3) is 5.78 Å². The van der Waals surface area contributed by atoms with Crippen LogP contribution in [-0.2, 0) is 17.8 Å². The molecule has 7 heteroatoms. The monoisotopic (exact) mass is 339 g/mol. The number of aryl methyl sites for hydroxylation is 3. The lowest BCUT2D eigenvalue weighted by molar-refractivity contribution is -0.120. The molecular weight excluding hydrogens is 318 g/mol. The third-order valence-electron chi connectivity index (χ3n) is 3.99. The van der Waals surface area contributed by atoms with Gasteiger partial charge in [-0.3, -0.25) is 9.20 Å². The van der Waals surface area contributed by atoms with E-state index in [1.54, 1.807) is 7.11 Å². The maximum absolute atomic E-state index is 12.3. The van der Waals surface area contributed by atoms with E-state index in [4.69, 9.17) is 4.74 Å². The molecule has 2 aromatic heterocycles. The lowest BCUT2D eigenvalue weighted by atomic mass is 10.1. The van der Waals surface area contributed by atoms with Gasteiger partial charge in [-0.2, -0.15) is 0 Å². The minimum absolute atomic E-state index is 0.0987. The van der Waals surface area contributed by atoms with Crippen LogP contribution in [0.2, 0.25) is 0 Å². The van der Waals surface area contributed by atoms with Crippen LogP contribution in [0, 0.1) is 20.8 Å². The summed E-state index contributed by atoms with van der Waals surface area (Å²) < 4.78 is 7.17. The minimum atomic E-state index is -0.0987. The first-order valence-electron chi connectivity index (χ1n) is 8.06. The Balaban J connectivity index is 1.72. The van der Waals surface area contributed by atoms with E-state index in [2.05, 4.69) is 20.5 Å². The zero-order valence-electron chi connectivity index (χ0n) is 14.8. The number of ether oxygens (including phenoxy) is 1. The highest BCUT2D eigenvalue weighted by Gasteiger charge is 2.13. The van der Waals surface area contributed by atoms with E-state index in [0.29, 0.717) is 23.9 Å². The molecule has 130 valence electrons. The van der Waals surface area contributed by atoms with Crippen molar-refractivity contribution in [2.24, 2.45) is 0 Å². The number of amides is 1. The van der Waals surface area contributed by atoms with Crippen molar-refractivity contribution in [2.75, 3.05) is 7.11 Å². The van der Waals surface area contributed by atoms with Gasteiger partial charge >= 0.3 is 0 Å². The molecule has 7 nitrogen and oxygen atoms in total.